The Balaban J connectivity index is 1.57. The Bertz CT molecular complexity index is 1170. The van der Waals surface area contributed by atoms with Crippen molar-refractivity contribution >= 4 is 22.7 Å². The molecule has 2 amide bonds. The highest BCUT2D eigenvalue weighted by atomic mass is 19.1. The van der Waals surface area contributed by atoms with Crippen molar-refractivity contribution in [3.63, 3.8) is 0 Å². The predicted octanol–water partition coefficient (Wildman–Crippen LogP) is 3.17. The Kier molecular flexibility index (Phi) is 7.59. The van der Waals surface area contributed by atoms with Crippen LogP contribution in [-0.2, 0) is 33.7 Å². The van der Waals surface area contributed by atoms with Crippen LogP contribution in [0.15, 0.2) is 42.5 Å². The molecule has 1 aliphatic heterocycles. The molecule has 0 fully saturated rings. The molecule has 2 heterocycles. The van der Waals surface area contributed by atoms with E-state index in [4.69, 9.17) is 9.47 Å². The van der Waals surface area contributed by atoms with Crippen LogP contribution in [0.2, 0.25) is 0 Å². The van der Waals surface area contributed by atoms with Crippen molar-refractivity contribution in [2.75, 3.05) is 47.1 Å². The van der Waals surface area contributed by atoms with Gasteiger partial charge < -0.3 is 24.3 Å². The molecule has 0 bridgehead atoms. The fourth-order valence-electron chi connectivity index (χ4n) is 4.46. The first-order valence-electron chi connectivity index (χ1n) is 11.4. The van der Waals surface area contributed by atoms with E-state index in [9.17, 15) is 14.0 Å². The number of nitrogens with one attached hydrogen (secondary N) is 1. The van der Waals surface area contributed by atoms with E-state index in [0.29, 0.717) is 56.9 Å². The zero-order valence-electron chi connectivity index (χ0n) is 19.6. The number of aromatic amines is 1. The normalized spacial score (nSPS) is 13.2. The number of rotatable bonds is 9. The molecular formula is C26H30FN3O4. The molecule has 3 aromatic rings. The summed E-state index contributed by atoms with van der Waals surface area (Å²) in [6, 6.07) is 12.1. The van der Waals surface area contributed by atoms with E-state index in [0.717, 1.165) is 22.2 Å². The topological polar surface area (TPSA) is 74.9 Å². The fourth-order valence-corrected chi connectivity index (χ4v) is 4.46. The van der Waals surface area contributed by atoms with E-state index in [1.165, 1.54) is 6.07 Å². The maximum absolute atomic E-state index is 14.0. The van der Waals surface area contributed by atoms with Gasteiger partial charge >= 0.3 is 0 Å². The lowest BCUT2D eigenvalue weighted by Gasteiger charge is -2.27. The minimum atomic E-state index is -0.367. The van der Waals surface area contributed by atoms with Crippen molar-refractivity contribution in [1.82, 2.24) is 14.8 Å². The van der Waals surface area contributed by atoms with E-state index in [1.807, 2.05) is 18.2 Å². The Hall–Kier alpha value is -3.23. The van der Waals surface area contributed by atoms with Crippen molar-refractivity contribution in [2.24, 2.45) is 0 Å². The van der Waals surface area contributed by atoms with Crippen molar-refractivity contribution in [3.05, 3.63) is 70.7 Å². The number of amides is 2. The summed E-state index contributed by atoms with van der Waals surface area (Å²) >= 11 is 0. The van der Waals surface area contributed by atoms with Gasteiger partial charge in [-0.15, -0.1) is 0 Å². The lowest BCUT2D eigenvalue weighted by atomic mass is 10.0. The quantitative estimate of drug-likeness (QED) is 0.525. The van der Waals surface area contributed by atoms with Crippen molar-refractivity contribution in [3.8, 4) is 0 Å². The second-order valence-electron chi connectivity index (χ2n) is 8.42. The smallest absolute Gasteiger partial charge is 0.256 e. The van der Waals surface area contributed by atoms with Crippen LogP contribution in [0.1, 0.15) is 27.2 Å². The number of H-pyrrole nitrogens is 1. The maximum atomic E-state index is 14.0. The number of para-hydroxylation sites is 1. The van der Waals surface area contributed by atoms with Crippen LogP contribution >= 0.6 is 0 Å². The minimum Gasteiger partial charge on any atom is -0.383 e. The summed E-state index contributed by atoms with van der Waals surface area (Å²) in [5.41, 5.74) is 3.81. The van der Waals surface area contributed by atoms with Gasteiger partial charge in [-0.2, -0.15) is 0 Å². The first-order chi connectivity index (χ1) is 16.5. The number of hydrogen-bond acceptors (Lipinski definition) is 4. The highest BCUT2D eigenvalue weighted by Crippen LogP contribution is 2.30. The van der Waals surface area contributed by atoms with Crippen LogP contribution in [0.4, 0.5) is 4.39 Å². The van der Waals surface area contributed by atoms with Gasteiger partial charge in [0.25, 0.3) is 5.91 Å². The van der Waals surface area contributed by atoms with E-state index in [-0.39, 0.29) is 24.1 Å². The van der Waals surface area contributed by atoms with Crippen LogP contribution in [0.25, 0.3) is 10.9 Å². The number of halogens is 1. The third-order valence-corrected chi connectivity index (χ3v) is 6.31. The van der Waals surface area contributed by atoms with Gasteiger partial charge in [-0.05, 0) is 29.7 Å². The van der Waals surface area contributed by atoms with Gasteiger partial charge in [-0.25, -0.2) is 4.39 Å². The number of fused-ring (bicyclic) bond motifs is 3. The average Bonchev–Trinajstić information content (AvgIpc) is 3.23. The van der Waals surface area contributed by atoms with E-state index < -0.39 is 0 Å². The molecule has 0 saturated carbocycles. The fraction of sp³-hybridized carbons (Fsp3) is 0.385. The Morgan fingerprint density at radius 2 is 1.79 bits per heavy atom. The molecular weight excluding hydrogens is 437 g/mol. The third-order valence-electron chi connectivity index (χ3n) is 6.31. The summed E-state index contributed by atoms with van der Waals surface area (Å²) in [7, 11) is 3.22. The average molecular weight is 468 g/mol. The number of ether oxygens (including phenoxy) is 2. The monoisotopic (exact) mass is 467 g/mol. The molecule has 0 atom stereocenters. The summed E-state index contributed by atoms with van der Waals surface area (Å²) in [5.74, 6) is -0.574. The number of carbonyl (C=O) groups is 2. The molecule has 0 unspecified atom stereocenters. The summed E-state index contributed by atoms with van der Waals surface area (Å²) in [6.45, 7) is 2.76. The van der Waals surface area contributed by atoms with Gasteiger partial charge in [-0.1, -0.05) is 30.3 Å². The van der Waals surface area contributed by atoms with Gasteiger partial charge in [-0.3, -0.25) is 9.59 Å². The molecule has 7 nitrogen and oxygen atoms in total. The molecule has 1 aliphatic rings. The third kappa shape index (κ3) is 4.98. The zero-order chi connectivity index (χ0) is 24.1. The summed E-state index contributed by atoms with van der Waals surface area (Å²) in [4.78, 5) is 33.1. The highest BCUT2D eigenvalue weighted by Gasteiger charge is 2.27. The van der Waals surface area contributed by atoms with Crippen LogP contribution in [0, 0.1) is 5.82 Å². The number of methoxy groups -OCH3 is 2. The van der Waals surface area contributed by atoms with E-state index in [2.05, 4.69) is 4.98 Å². The van der Waals surface area contributed by atoms with Crippen molar-refractivity contribution in [1.29, 1.82) is 0 Å². The molecule has 180 valence electrons. The number of carbonyl (C=O) groups excluding carboxylic acids is 2. The summed E-state index contributed by atoms with van der Waals surface area (Å²) < 4.78 is 24.4. The highest BCUT2D eigenvalue weighted by molar-refractivity contribution is 6.07. The van der Waals surface area contributed by atoms with Crippen molar-refractivity contribution < 1.29 is 23.5 Å². The standard InChI is InChI=1S/C26H30FN3O4/c1-33-14-12-29(13-15-34-2)26(32)21-8-5-7-20-19-10-11-30(17-23(19)28-25(20)21)24(31)16-18-6-3-4-9-22(18)27/h3-9,28H,10-17H2,1-2H3. The molecule has 0 aliphatic carbocycles. The molecule has 1 N–H and O–H groups in total. The maximum Gasteiger partial charge on any atom is 0.256 e. The second kappa shape index (κ2) is 10.8. The van der Waals surface area contributed by atoms with Crippen molar-refractivity contribution in [2.45, 2.75) is 19.4 Å². The number of aromatic nitrogens is 1. The largest absolute Gasteiger partial charge is 0.383 e. The molecule has 0 spiro atoms. The SMILES string of the molecule is COCCN(CCOC)C(=O)c1cccc2c3c([nH]c12)CN(C(=O)Cc1ccccc1F)CC3. The lowest BCUT2D eigenvalue weighted by molar-refractivity contribution is -0.131. The lowest BCUT2D eigenvalue weighted by Crippen LogP contribution is -2.37. The van der Waals surface area contributed by atoms with Crippen LogP contribution in [0.3, 0.4) is 0 Å². The Labute approximate surface area is 198 Å². The van der Waals surface area contributed by atoms with Gasteiger partial charge in [0.05, 0.1) is 37.3 Å². The van der Waals surface area contributed by atoms with Gasteiger partial charge in [0.2, 0.25) is 5.91 Å². The van der Waals surface area contributed by atoms with Crippen LogP contribution < -0.4 is 0 Å². The molecule has 34 heavy (non-hydrogen) atoms. The summed E-state index contributed by atoms with van der Waals surface area (Å²) in [5, 5.41) is 1.00. The van der Waals surface area contributed by atoms with Crippen LogP contribution in [0.5, 0.6) is 0 Å². The Morgan fingerprint density at radius 3 is 2.50 bits per heavy atom. The summed E-state index contributed by atoms with van der Waals surface area (Å²) in [6.07, 6.45) is 0.701. The predicted molar refractivity (Wildman–Crippen MR) is 127 cm³/mol. The van der Waals surface area contributed by atoms with Gasteiger partial charge in [0.15, 0.2) is 0 Å². The zero-order valence-corrected chi connectivity index (χ0v) is 19.6. The number of hydrogen-bond donors (Lipinski definition) is 1. The first-order valence-corrected chi connectivity index (χ1v) is 11.4. The Morgan fingerprint density at radius 1 is 1.06 bits per heavy atom. The molecule has 0 radical (unpaired) electrons. The van der Waals surface area contributed by atoms with Gasteiger partial charge in [0, 0.05) is 44.9 Å². The molecule has 1 aromatic heterocycles. The second-order valence-corrected chi connectivity index (χ2v) is 8.42. The first kappa shape index (κ1) is 23.9. The van der Waals surface area contributed by atoms with Crippen LogP contribution in [-0.4, -0.2) is 73.7 Å². The number of benzene rings is 2. The number of nitrogens with zero attached hydrogens (tertiary/aromatic N) is 2. The molecule has 4 rings (SSSR count). The molecule has 0 saturated heterocycles. The minimum absolute atomic E-state index is 0.0277. The van der Waals surface area contributed by atoms with E-state index in [1.54, 1.807) is 42.2 Å². The van der Waals surface area contributed by atoms with E-state index >= 15 is 0 Å². The van der Waals surface area contributed by atoms with Gasteiger partial charge in [0.1, 0.15) is 5.82 Å². The molecule has 2 aromatic carbocycles. The molecule has 8 heteroatoms.